The van der Waals surface area contributed by atoms with Gasteiger partial charge >= 0.3 is 0 Å². The Kier molecular flexibility index (Phi) is 11.4. The number of carbonyl (C=O) groups excluding carboxylic acids is 3. The van der Waals surface area contributed by atoms with E-state index in [2.05, 4.69) is 20.0 Å². The summed E-state index contributed by atoms with van der Waals surface area (Å²) in [5, 5.41) is 2.64. The minimum Gasteiger partial charge on any atom is -0.478 e. The standard InChI is InChI=1S/C32H33N5O7S/c1-45(42,43)35-21-25-20-34-31(24-13-6-3-7-14-24)37(32(25)41)22-28(39)36-26(19-23-11-4-2-5-12-23)30(40)27(38)15-10-18-44-29-16-8-9-17-33-29/h2-9,11-14,16-17,20,26,35H,10,15,18-19,21-22H2,1H3,(H,36,39). The van der Waals surface area contributed by atoms with Crippen molar-refractivity contribution in [1.82, 2.24) is 24.6 Å². The van der Waals surface area contributed by atoms with Crippen LogP contribution in [0.2, 0.25) is 0 Å². The van der Waals surface area contributed by atoms with Gasteiger partial charge < -0.3 is 10.1 Å². The Morgan fingerprint density at radius 3 is 2.29 bits per heavy atom. The number of carbonyl (C=O) groups is 3. The number of nitrogens with one attached hydrogen (secondary N) is 2. The second-order valence-corrected chi connectivity index (χ2v) is 12.0. The lowest BCUT2D eigenvalue weighted by Crippen LogP contribution is -2.47. The molecule has 0 saturated heterocycles. The van der Waals surface area contributed by atoms with E-state index in [1.165, 1.54) is 6.20 Å². The smallest absolute Gasteiger partial charge is 0.258 e. The van der Waals surface area contributed by atoms with Gasteiger partial charge in [-0.05, 0) is 18.1 Å². The van der Waals surface area contributed by atoms with Crippen molar-refractivity contribution in [2.75, 3.05) is 12.9 Å². The van der Waals surface area contributed by atoms with Gasteiger partial charge in [-0.15, -0.1) is 0 Å². The monoisotopic (exact) mass is 631 g/mol. The molecule has 0 spiro atoms. The maximum Gasteiger partial charge on any atom is 0.258 e. The molecule has 0 fully saturated rings. The van der Waals surface area contributed by atoms with Gasteiger partial charge in [0.05, 0.1) is 24.5 Å². The maximum atomic E-state index is 13.5. The van der Waals surface area contributed by atoms with Crippen LogP contribution in [0.15, 0.2) is 96.1 Å². The molecule has 0 aliphatic carbocycles. The van der Waals surface area contributed by atoms with Crippen molar-refractivity contribution in [1.29, 1.82) is 0 Å². The average Bonchev–Trinajstić information content (AvgIpc) is 3.03. The van der Waals surface area contributed by atoms with Crippen LogP contribution in [0.5, 0.6) is 5.88 Å². The van der Waals surface area contributed by atoms with Crippen molar-refractivity contribution in [2.24, 2.45) is 0 Å². The summed E-state index contributed by atoms with van der Waals surface area (Å²) in [6.07, 6.45) is 4.03. The van der Waals surface area contributed by atoms with Crippen molar-refractivity contribution < 1.29 is 27.5 Å². The molecule has 1 unspecified atom stereocenters. The topological polar surface area (TPSA) is 166 Å². The van der Waals surface area contributed by atoms with Crippen LogP contribution in [0.3, 0.4) is 0 Å². The van der Waals surface area contributed by atoms with Crippen molar-refractivity contribution in [3.63, 3.8) is 0 Å². The Morgan fingerprint density at radius 1 is 0.933 bits per heavy atom. The van der Waals surface area contributed by atoms with E-state index in [1.807, 2.05) is 6.07 Å². The zero-order valence-electron chi connectivity index (χ0n) is 24.6. The van der Waals surface area contributed by atoms with E-state index in [-0.39, 0.29) is 43.8 Å². The number of aromatic nitrogens is 3. The second kappa shape index (κ2) is 15.6. The Hall–Kier alpha value is -5.01. The minimum absolute atomic E-state index is 0.0212. The highest BCUT2D eigenvalue weighted by molar-refractivity contribution is 7.88. The number of rotatable bonds is 16. The second-order valence-electron chi connectivity index (χ2n) is 10.2. The summed E-state index contributed by atoms with van der Waals surface area (Å²) in [5.41, 5.74) is 0.656. The fraction of sp³-hybridized carbons (Fsp3) is 0.250. The maximum absolute atomic E-state index is 13.5. The van der Waals surface area contributed by atoms with E-state index in [1.54, 1.807) is 79.0 Å². The average molecular weight is 632 g/mol. The summed E-state index contributed by atoms with van der Waals surface area (Å²) in [5.74, 6) is -1.57. The first-order valence-electron chi connectivity index (χ1n) is 14.1. The predicted octanol–water partition coefficient (Wildman–Crippen LogP) is 2.08. The molecule has 0 saturated carbocycles. The largest absolute Gasteiger partial charge is 0.478 e. The molecule has 4 rings (SSSR count). The van der Waals surface area contributed by atoms with Crippen molar-refractivity contribution in [3.8, 4) is 17.3 Å². The quantitative estimate of drug-likeness (QED) is 0.139. The Bertz CT molecular complexity index is 1780. The molecule has 12 nitrogen and oxygen atoms in total. The Morgan fingerprint density at radius 2 is 1.62 bits per heavy atom. The molecular weight excluding hydrogens is 598 g/mol. The van der Waals surface area contributed by atoms with Gasteiger partial charge in [-0.2, -0.15) is 0 Å². The number of nitrogens with zero attached hydrogens (tertiary/aromatic N) is 3. The molecule has 234 valence electrons. The van der Waals surface area contributed by atoms with Crippen LogP contribution in [-0.4, -0.2) is 59.3 Å². The highest BCUT2D eigenvalue weighted by atomic mass is 32.2. The number of amides is 1. The van der Waals surface area contributed by atoms with Crippen LogP contribution in [0.25, 0.3) is 11.4 Å². The van der Waals surface area contributed by atoms with Crippen molar-refractivity contribution in [3.05, 3.63) is 113 Å². The SMILES string of the molecule is CS(=O)(=O)NCc1cnc(-c2ccccc2)n(CC(=O)NC(Cc2ccccc2)C(=O)C(=O)CCCOc2ccccn2)c1=O. The zero-order valence-corrected chi connectivity index (χ0v) is 25.4. The first-order chi connectivity index (χ1) is 21.6. The number of hydrogen-bond donors (Lipinski definition) is 2. The van der Waals surface area contributed by atoms with E-state index in [9.17, 15) is 27.6 Å². The normalized spacial score (nSPS) is 11.8. The lowest BCUT2D eigenvalue weighted by molar-refractivity contribution is -0.139. The molecule has 2 heterocycles. The molecule has 2 N–H and O–H groups in total. The van der Waals surface area contributed by atoms with Crippen LogP contribution in [0.1, 0.15) is 24.0 Å². The Balaban J connectivity index is 1.52. The van der Waals surface area contributed by atoms with Crippen molar-refractivity contribution >= 4 is 27.5 Å². The molecule has 1 amide bonds. The summed E-state index contributed by atoms with van der Waals surface area (Å²) in [4.78, 5) is 61.5. The van der Waals surface area contributed by atoms with Crippen LogP contribution in [-0.2, 0) is 43.9 Å². The zero-order chi connectivity index (χ0) is 32.2. The van der Waals surface area contributed by atoms with E-state index < -0.39 is 45.6 Å². The van der Waals surface area contributed by atoms with E-state index in [0.717, 1.165) is 16.4 Å². The van der Waals surface area contributed by atoms with Gasteiger partial charge in [0.25, 0.3) is 5.56 Å². The summed E-state index contributed by atoms with van der Waals surface area (Å²) in [7, 11) is -3.61. The van der Waals surface area contributed by atoms with E-state index >= 15 is 0 Å². The molecule has 13 heteroatoms. The number of hydrogen-bond acceptors (Lipinski definition) is 9. The van der Waals surface area contributed by atoms with Crippen LogP contribution in [0, 0.1) is 0 Å². The highest BCUT2D eigenvalue weighted by Crippen LogP contribution is 2.16. The highest BCUT2D eigenvalue weighted by Gasteiger charge is 2.27. The van der Waals surface area contributed by atoms with E-state index in [0.29, 0.717) is 11.4 Å². The number of pyridine rings is 1. The Labute approximate surface area is 260 Å². The summed E-state index contributed by atoms with van der Waals surface area (Å²) < 4.78 is 32.1. The third kappa shape index (κ3) is 10.0. The number of ketones is 2. The summed E-state index contributed by atoms with van der Waals surface area (Å²) in [6, 6.07) is 21.6. The fourth-order valence-corrected chi connectivity index (χ4v) is 4.85. The molecular formula is C32H33N5O7S. The number of benzene rings is 2. The third-order valence-corrected chi connectivity index (χ3v) is 7.29. The molecule has 1 atom stereocenters. The van der Waals surface area contributed by atoms with Gasteiger partial charge in [0, 0.05) is 43.4 Å². The fourth-order valence-electron chi connectivity index (χ4n) is 4.43. The van der Waals surface area contributed by atoms with Crippen LogP contribution in [0.4, 0.5) is 0 Å². The molecule has 2 aromatic carbocycles. The molecule has 4 aromatic rings. The van der Waals surface area contributed by atoms with Gasteiger partial charge in [0.1, 0.15) is 12.4 Å². The van der Waals surface area contributed by atoms with Gasteiger partial charge in [-0.1, -0.05) is 66.7 Å². The first-order valence-corrected chi connectivity index (χ1v) is 16.0. The summed E-state index contributed by atoms with van der Waals surface area (Å²) >= 11 is 0. The molecule has 0 radical (unpaired) electrons. The summed E-state index contributed by atoms with van der Waals surface area (Å²) in [6.45, 7) is -0.684. The number of sulfonamides is 1. The molecule has 45 heavy (non-hydrogen) atoms. The number of ether oxygens (including phenoxy) is 1. The van der Waals surface area contributed by atoms with E-state index in [4.69, 9.17) is 4.74 Å². The number of Topliss-reactive ketones (excluding diaryl/α,β-unsaturated/α-hetero) is 2. The molecule has 0 bridgehead atoms. The predicted molar refractivity (Wildman–Crippen MR) is 167 cm³/mol. The van der Waals surface area contributed by atoms with Crippen LogP contribution >= 0.6 is 0 Å². The lowest BCUT2D eigenvalue weighted by atomic mass is 9.98. The first kappa shape index (κ1) is 32.9. The van der Waals surface area contributed by atoms with Gasteiger partial charge in [-0.25, -0.2) is 23.1 Å². The van der Waals surface area contributed by atoms with Gasteiger partial charge in [0.15, 0.2) is 0 Å². The minimum atomic E-state index is -3.61. The van der Waals surface area contributed by atoms with Gasteiger partial charge in [-0.3, -0.25) is 23.7 Å². The van der Waals surface area contributed by atoms with Gasteiger partial charge in [0.2, 0.25) is 33.4 Å². The molecule has 2 aromatic heterocycles. The lowest BCUT2D eigenvalue weighted by Gasteiger charge is -2.19. The molecule has 0 aliphatic rings. The molecule has 0 aliphatic heterocycles. The van der Waals surface area contributed by atoms with Crippen molar-refractivity contribution in [2.45, 2.75) is 38.4 Å². The van der Waals surface area contributed by atoms with Crippen LogP contribution < -0.4 is 20.3 Å². The third-order valence-electron chi connectivity index (χ3n) is 6.62.